The third kappa shape index (κ3) is 3.49. The Morgan fingerprint density at radius 3 is 2.69 bits per heavy atom. The summed E-state index contributed by atoms with van der Waals surface area (Å²) in [5, 5.41) is 4.91. The minimum Gasteiger partial charge on any atom is -0.261 e. The van der Waals surface area contributed by atoms with Gasteiger partial charge in [0.1, 0.15) is 8.07 Å². The highest BCUT2D eigenvalue weighted by Crippen LogP contribution is 2.37. The Hall–Kier alpha value is -2.64. The molecule has 2 aromatic heterocycles. The van der Waals surface area contributed by atoms with Gasteiger partial charge in [0.2, 0.25) is 0 Å². The summed E-state index contributed by atoms with van der Waals surface area (Å²) < 4.78 is 1.96. The summed E-state index contributed by atoms with van der Waals surface area (Å²) >= 11 is 0. The zero-order chi connectivity index (χ0) is 18.1. The zero-order valence-corrected chi connectivity index (χ0v) is 16.5. The van der Waals surface area contributed by atoms with Crippen LogP contribution in [-0.4, -0.2) is 22.8 Å². The number of rotatable bonds is 2. The average Bonchev–Trinajstić information content (AvgIpc) is 3.21. The summed E-state index contributed by atoms with van der Waals surface area (Å²) in [5.74, 6) is 3.69. The van der Waals surface area contributed by atoms with Crippen LogP contribution in [0.1, 0.15) is 34.7 Å². The molecule has 1 aromatic carbocycles. The first-order chi connectivity index (χ1) is 12.5. The van der Waals surface area contributed by atoms with E-state index < -0.39 is 8.07 Å². The molecular weight excluding hydrogens is 334 g/mol. The SMILES string of the molecule is C[Si](C)(C)C#Cc1cncc(-n2cc3c(n2)C(c2ccccc2)CC3)c1. The van der Waals surface area contributed by atoms with Crippen molar-refractivity contribution in [3.05, 3.63) is 77.4 Å². The number of hydrogen-bond donors (Lipinski definition) is 0. The van der Waals surface area contributed by atoms with Gasteiger partial charge in [-0.25, -0.2) is 4.68 Å². The molecule has 0 aliphatic heterocycles. The molecule has 1 unspecified atom stereocenters. The fraction of sp³-hybridized carbons (Fsp3) is 0.273. The molecule has 4 heteroatoms. The van der Waals surface area contributed by atoms with Gasteiger partial charge in [0.25, 0.3) is 0 Å². The maximum atomic E-state index is 4.91. The Morgan fingerprint density at radius 2 is 1.92 bits per heavy atom. The van der Waals surface area contributed by atoms with Gasteiger partial charge in [-0.2, -0.15) is 5.10 Å². The molecule has 1 atom stereocenters. The molecular formula is C22H23N3Si. The fourth-order valence-electron chi connectivity index (χ4n) is 3.37. The van der Waals surface area contributed by atoms with Gasteiger partial charge in [-0.05, 0) is 30.0 Å². The molecule has 0 bridgehead atoms. The Balaban J connectivity index is 1.66. The molecule has 0 N–H and O–H groups in total. The predicted molar refractivity (Wildman–Crippen MR) is 108 cm³/mol. The summed E-state index contributed by atoms with van der Waals surface area (Å²) in [7, 11) is -1.40. The molecule has 130 valence electrons. The van der Waals surface area contributed by atoms with Crippen molar-refractivity contribution in [2.75, 3.05) is 0 Å². The maximum absolute atomic E-state index is 4.91. The van der Waals surface area contributed by atoms with Crippen molar-refractivity contribution in [2.45, 2.75) is 38.4 Å². The molecule has 0 radical (unpaired) electrons. The van der Waals surface area contributed by atoms with Crippen LogP contribution >= 0.6 is 0 Å². The van der Waals surface area contributed by atoms with Crippen LogP contribution < -0.4 is 0 Å². The normalized spacial score (nSPS) is 16.0. The maximum Gasteiger partial charge on any atom is 0.129 e. The molecule has 0 saturated heterocycles. The molecule has 26 heavy (non-hydrogen) atoms. The van der Waals surface area contributed by atoms with E-state index >= 15 is 0 Å². The van der Waals surface area contributed by atoms with E-state index in [1.54, 1.807) is 0 Å². The van der Waals surface area contributed by atoms with Crippen LogP contribution in [0.3, 0.4) is 0 Å². The first-order valence-electron chi connectivity index (χ1n) is 9.12. The number of aromatic nitrogens is 3. The van der Waals surface area contributed by atoms with Crippen molar-refractivity contribution >= 4 is 8.07 Å². The van der Waals surface area contributed by atoms with E-state index in [4.69, 9.17) is 5.10 Å². The minimum absolute atomic E-state index is 0.398. The van der Waals surface area contributed by atoms with Crippen molar-refractivity contribution in [3.8, 4) is 17.2 Å². The van der Waals surface area contributed by atoms with Crippen molar-refractivity contribution in [2.24, 2.45) is 0 Å². The summed E-state index contributed by atoms with van der Waals surface area (Å²) in [6, 6.07) is 12.8. The molecule has 3 nitrogen and oxygen atoms in total. The van der Waals surface area contributed by atoms with Crippen LogP contribution in [0, 0.1) is 11.5 Å². The number of fused-ring (bicyclic) bond motifs is 1. The summed E-state index contributed by atoms with van der Waals surface area (Å²) in [5.41, 5.74) is 9.24. The number of pyridine rings is 1. The average molecular weight is 358 g/mol. The highest BCUT2D eigenvalue weighted by atomic mass is 28.3. The Morgan fingerprint density at radius 1 is 1.12 bits per heavy atom. The highest BCUT2D eigenvalue weighted by Gasteiger charge is 2.27. The van der Waals surface area contributed by atoms with Crippen molar-refractivity contribution in [1.29, 1.82) is 0 Å². The van der Waals surface area contributed by atoms with Crippen LogP contribution in [0.25, 0.3) is 5.69 Å². The van der Waals surface area contributed by atoms with Crippen molar-refractivity contribution in [3.63, 3.8) is 0 Å². The van der Waals surface area contributed by atoms with Crippen LogP contribution in [0.4, 0.5) is 0 Å². The second-order valence-electron chi connectivity index (χ2n) is 7.92. The van der Waals surface area contributed by atoms with Crippen LogP contribution in [0.2, 0.25) is 19.6 Å². The molecule has 3 aromatic rings. The lowest BCUT2D eigenvalue weighted by Gasteiger charge is -2.10. The van der Waals surface area contributed by atoms with E-state index in [9.17, 15) is 0 Å². The summed E-state index contributed by atoms with van der Waals surface area (Å²) in [6.45, 7) is 6.75. The molecule has 1 aliphatic carbocycles. The lowest BCUT2D eigenvalue weighted by Crippen LogP contribution is -2.16. The van der Waals surface area contributed by atoms with Crippen LogP contribution in [0.15, 0.2) is 55.0 Å². The lowest BCUT2D eigenvalue weighted by molar-refractivity contribution is 0.725. The fourth-order valence-corrected chi connectivity index (χ4v) is 3.89. The molecule has 0 saturated carbocycles. The summed E-state index contributed by atoms with van der Waals surface area (Å²) in [4.78, 5) is 4.37. The van der Waals surface area contributed by atoms with Crippen LogP contribution in [0.5, 0.6) is 0 Å². The molecule has 4 rings (SSSR count). The van der Waals surface area contributed by atoms with Crippen molar-refractivity contribution < 1.29 is 0 Å². The number of hydrogen-bond acceptors (Lipinski definition) is 2. The van der Waals surface area contributed by atoms with E-state index in [1.165, 1.54) is 16.8 Å². The summed E-state index contributed by atoms with van der Waals surface area (Å²) in [6.07, 6.45) is 8.07. The quantitative estimate of drug-likeness (QED) is 0.497. The standard InChI is InChI=1S/C22H23N3Si/c1-26(2,3)12-11-17-13-20(15-23-14-17)25-16-19-9-10-21(22(19)24-25)18-7-5-4-6-8-18/h4-8,13-16,21H,9-10H2,1-3H3. The first kappa shape index (κ1) is 16.8. The minimum atomic E-state index is -1.40. The van der Waals surface area contributed by atoms with Gasteiger partial charge in [-0.15, -0.1) is 5.54 Å². The lowest BCUT2D eigenvalue weighted by atomic mass is 9.97. The second kappa shape index (κ2) is 6.58. The number of benzene rings is 1. The van der Waals surface area contributed by atoms with Crippen molar-refractivity contribution in [1.82, 2.24) is 14.8 Å². The highest BCUT2D eigenvalue weighted by molar-refractivity contribution is 6.83. The Bertz CT molecular complexity index is 987. The van der Waals surface area contributed by atoms with Gasteiger partial charge >= 0.3 is 0 Å². The topological polar surface area (TPSA) is 30.7 Å². The van der Waals surface area contributed by atoms with E-state index in [2.05, 4.69) is 78.7 Å². The number of nitrogens with zero attached hydrogens (tertiary/aromatic N) is 3. The third-order valence-electron chi connectivity index (χ3n) is 4.63. The monoisotopic (exact) mass is 357 g/mol. The Kier molecular flexibility index (Phi) is 4.26. The molecule has 1 aliphatic rings. The number of aryl methyl sites for hydroxylation is 1. The first-order valence-corrected chi connectivity index (χ1v) is 12.6. The van der Waals surface area contributed by atoms with Gasteiger partial charge in [0.05, 0.1) is 17.6 Å². The molecule has 0 amide bonds. The van der Waals surface area contributed by atoms with Crippen LogP contribution in [-0.2, 0) is 6.42 Å². The van der Waals surface area contributed by atoms with Gasteiger partial charge in [-0.3, -0.25) is 4.98 Å². The predicted octanol–water partition coefficient (Wildman–Crippen LogP) is 4.57. The van der Waals surface area contributed by atoms with Gasteiger partial charge in [0.15, 0.2) is 0 Å². The van der Waals surface area contributed by atoms with E-state index in [-0.39, 0.29) is 0 Å². The largest absolute Gasteiger partial charge is 0.261 e. The van der Waals surface area contributed by atoms with Gasteiger partial charge in [-0.1, -0.05) is 55.9 Å². The molecule has 0 fully saturated rings. The van der Waals surface area contributed by atoms with E-state index in [0.717, 1.165) is 24.1 Å². The second-order valence-corrected chi connectivity index (χ2v) is 12.7. The van der Waals surface area contributed by atoms with Gasteiger partial charge in [0, 0.05) is 23.9 Å². The molecule has 0 spiro atoms. The van der Waals surface area contributed by atoms with Gasteiger partial charge < -0.3 is 0 Å². The Labute approximate surface area is 156 Å². The van der Waals surface area contributed by atoms with E-state index in [1.807, 2.05) is 17.1 Å². The molecule has 2 heterocycles. The third-order valence-corrected chi connectivity index (χ3v) is 5.50. The van der Waals surface area contributed by atoms with E-state index in [0.29, 0.717) is 5.92 Å². The smallest absolute Gasteiger partial charge is 0.129 e. The zero-order valence-electron chi connectivity index (χ0n) is 15.5.